The smallest absolute Gasteiger partial charge is 0.252 e. The summed E-state index contributed by atoms with van der Waals surface area (Å²) in [6, 6.07) is 1.86. The van der Waals surface area contributed by atoms with Crippen molar-refractivity contribution in [2.75, 3.05) is 6.54 Å². The summed E-state index contributed by atoms with van der Waals surface area (Å²) in [4.78, 5) is 14.7. The van der Waals surface area contributed by atoms with Gasteiger partial charge in [-0.15, -0.1) is 5.10 Å². The molecule has 0 aliphatic carbocycles. The molecule has 1 unspecified atom stereocenters. The van der Waals surface area contributed by atoms with E-state index in [0.29, 0.717) is 19.5 Å². The molecule has 1 saturated heterocycles. The van der Waals surface area contributed by atoms with Crippen LogP contribution in [0.2, 0.25) is 0 Å². The van der Waals surface area contributed by atoms with E-state index in [1.54, 1.807) is 4.68 Å². The molecule has 2 rings (SSSR count). The van der Waals surface area contributed by atoms with Gasteiger partial charge in [0.15, 0.2) is 0 Å². The summed E-state index contributed by atoms with van der Waals surface area (Å²) in [5.41, 5.74) is 0. The van der Waals surface area contributed by atoms with Crippen molar-refractivity contribution in [3.63, 3.8) is 0 Å². The summed E-state index contributed by atoms with van der Waals surface area (Å²) in [6.45, 7) is 1.31. The Kier molecular flexibility index (Phi) is 2.14. The van der Waals surface area contributed by atoms with Gasteiger partial charge < -0.3 is 5.32 Å². The van der Waals surface area contributed by atoms with Gasteiger partial charge in [-0.2, -0.15) is 5.26 Å². The van der Waals surface area contributed by atoms with E-state index in [-0.39, 0.29) is 17.6 Å². The lowest BCUT2D eigenvalue weighted by molar-refractivity contribution is -0.119. The molecule has 6 heteroatoms. The van der Waals surface area contributed by atoms with Gasteiger partial charge in [0.05, 0.1) is 0 Å². The molecule has 1 atom stereocenters. The second kappa shape index (κ2) is 3.46. The molecule has 0 saturated carbocycles. The first-order valence-electron chi connectivity index (χ1n) is 4.34. The van der Waals surface area contributed by atoms with Gasteiger partial charge >= 0.3 is 0 Å². The normalized spacial score (nSPS) is 20.5. The number of aromatic nitrogens is 3. The minimum absolute atomic E-state index is 0.0793. The second-order valence-electron chi connectivity index (χ2n) is 3.28. The average molecular weight is 191 g/mol. The zero-order chi connectivity index (χ0) is 9.97. The first-order valence-corrected chi connectivity index (χ1v) is 4.34. The molecule has 1 amide bonds. The van der Waals surface area contributed by atoms with Gasteiger partial charge in [0.25, 0.3) is 5.82 Å². The molecule has 14 heavy (non-hydrogen) atoms. The highest BCUT2D eigenvalue weighted by Gasteiger charge is 2.21. The monoisotopic (exact) mass is 191 g/mol. The van der Waals surface area contributed by atoms with Crippen molar-refractivity contribution in [2.24, 2.45) is 5.92 Å². The highest BCUT2D eigenvalue weighted by Crippen LogP contribution is 2.10. The largest absolute Gasteiger partial charge is 0.356 e. The number of nitrogens with one attached hydrogen (secondary N) is 1. The fraction of sp³-hybridized carbons (Fsp3) is 0.500. The Morgan fingerprint density at radius 1 is 1.79 bits per heavy atom. The molecule has 6 nitrogen and oxygen atoms in total. The fourth-order valence-corrected chi connectivity index (χ4v) is 1.49. The van der Waals surface area contributed by atoms with Crippen molar-refractivity contribution in [3.05, 3.63) is 12.2 Å². The first-order chi connectivity index (χ1) is 6.78. The van der Waals surface area contributed by atoms with Crippen LogP contribution in [0, 0.1) is 17.2 Å². The van der Waals surface area contributed by atoms with E-state index in [9.17, 15) is 4.79 Å². The quantitative estimate of drug-likeness (QED) is 0.669. The predicted octanol–water partition coefficient (Wildman–Crippen LogP) is -0.714. The van der Waals surface area contributed by atoms with Crippen molar-refractivity contribution in [2.45, 2.75) is 13.0 Å². The van der Waals surface area contributed by atoms with E-state index < -0.39 is 0 Å². The Morgan fingerprint density at radius 2 is 2.64 bits per heavy atom. The summed E-state index contributed by atoms with van der Waals surface area (Å²) >= 11 is 0. The van der Waals surface area contributed by atoms with Crippen LogP contribution in [-0.4, -0.2) is 27.2 Å². The van der Waals surface area contributed by atoms with Crippen molar-refractivity contribution in [1.29, 1.82) is 5.26 Å². The van der Waals surface area contributed by atoms with Crippen molar-refractivity contribution >= 4 is 5.91 Å². The van der Waals surface area contributed by atoms with E-state index in [4.69, 9.17) is 5.26 Å². The Labute approximate surface area is 80.5 Å². The minimum Gasteiger partial charge on any atom is -0.356 e. The lowest BCUT2D eigenvalue weighted by Gasteiger charge is -2.04. The van der Waals surface area contributed by atoms with E-state index in [1.165, 1.54) is 6.33 Å². The summed E-state index contributed by atoms with van der Waals surface area (Å²) in [7, 11) is 0. The summed E-state index contributed by atoms with van der Waals surface area (Å²) in [5.74, 6) is 0.508. The second-order valence-corrected chi connectivity index (χ2v) is 3.28. The average Bonchev–Trinajstić information content (AvgIpc) is 2.76. The maximum absolute atomic E-state index is 10.9. The molecule has 0 aromatic carbocycles. The highest BCUT2D eigenvalue weighted by atomic mass is 16.1. The van der Waals surface area contributed by atoms with Gasteiger partial charge in [-0.05, 0) is 0 Å². The van der Waals surface area contributed by atoms with Crippen LogP contribution in [0.5, 0.6) is 0 Å². The van der Waals surface area contributed by atoms with Crippen LogP contribution in [0.15, 0.2) is 6.33 Å². The molecule has 0 radical (unpaired) electrons. The number of amides is 1. The Morgan fingerprint density at radius 3 is 3.21 bits per heavy atom. The molecule has 1 aromatic heterocycles. The Bertz CT molecular complexity index is 391. The van der Waals surface area contributed by atoms with E-state index in [2.05, 4.69) is 15.4 Å². The molecule has 1 aliphatic heterocycles. The van der Waals surface area contributed by atoms with E-state index >= 15 is 0 Å². The summed E-state index contributed by atoms with van der Waals surface area (Å²) in [6.07, 6.45) is 2.04. The SMILES string of the molecule is N#Cc1ncn(CC2CNC(=O)C2)n1. The Hall–Kier alpha value is -1.90. The maximum Gasteiger partial charge on any atom is 0.252 e. The van der Waals surface area contributed by atoms with Gasteiger partial charge in [-0.1, -0.05) is 0 Å². The number of carbonyl (C=O) groups is 1. The number of nitrogens with zero attached hydrogens (tertiary/aromatic N) is 4. The van der Waals surface area contributed by atoms with Gasteiger partial charge in [0, 0.05) is 25.4 Å². The number of carbonyl (C=O) groups excluding carboxylic acids is 1. The predicted molar refractivity (Wildman–Crippen MR) is 45.9 cm³/mol. The zero-order valence-electron chi connectivity index (χ0n) is 7.47. The van der Waals surface area contributed by atoms with Gasteiger partial charge in [-0.3, -0.25) is 9.48 Å². The molecule has 1 aromatic rings. The molecule has 72 valence electrons. The third-order valence-corrected chi connectivity index (χ3v) is 2.14. The number of nitriles is 1. The van der Waals surface area contributed by atoms with Crippen molar-refractivity contribution in [3.8, 4) is 6.07 Å². The van der Waals surface area contributed by atoms with E-state index in [0.717, 1.165) is 0 Å². The van der Waals surface area contributed by atoms with Gasteiger partial charge in [0.2, 0.25) is 5.91 Å². The minimum atomic E-state index is 0.0793. The molecular weight excluding hydrogens is 182 g/mol. The first kappa shape index (κ1) is 8.69. The Balaban J connectivity index is 1.98. The lowest BCUT2D eigenvalue weighted by Crippen LogP contribution is -2.16. The van der Waals surface area contributed by atoms with Gasteiger partial charge in [0.1, 0.15) is 12.4 Å². The standard InChI is InChI=1S/C8H9N5O/c9-2-7-11-5-13(12-7)4-6-1-8(14)10-3-6/h5-6H,1,3-4H2,(H,10,14). The van der Waals surface area contributed by atoms with Crippen molar-refractivity contribution in [1.82, 2.24) is 20.1 Å². The molecule has 1 fully saturated rings. The molecular formula is C8H9N5O. The van der Waals surface area contributed by atoms with Crippen LogP contribution < -0.4 is 5.32 Å². The van der Waals surface area contributed by atoms with Crippen LogP contribution in [0.1, 0.15) is 12.2 Å². The molecule has 2 heterocycles. The van der Waals surface area contributed by atoms with E-state index in [1.807, 2.05) is 6.07 Å². The molecule has 1 aliphatic rings. The molecule has 1 N–H and O–H groups in total. The maximum atomic E-state index is 10.9. The lowest BCUT2D eigenvalue weighted by atomic mass is 10.1. The molecule has 0 spiro atoms. The van der Waals surface area contributed by atoms with Crippen molar-refractivity contribution < 1.29 is 4.79 Å². The zero-order valence-corrected chi connectivity index (χ0v) is 7.47. The number of hydrogen-bond acceptors (Lipinski definition) is 4. The third kappa shape index (κ3) is 1.71. The third-order valence-electron chi connectivity index (χ3n) is 2.14. The fourth-order valence-electron chi connectivity index (χ4n) is 1.49. The number of hydrogen-bond donors (Lipinski definition) is 1. The molecule has 0 bridgehead atoms. The highest BCUT2D eigenvalue weighted by molar-refractivity contribution is 5.78. The summed E-state index contributed by atoms with van der Waals surface area (Å²) < 4.78 is 1.60. The van der Waals surface area contributed by atoms with Crippen LogP contribution in [0.3, 0.4) is 0 Å². The van der Waals surface area contributed by atoms with Crippen LogP contribution in [-0.2, 0) is 11.3 Å². The van der Waals surface area contributed by atoms with Crippen LogP contribution >= 0.6 is 0 Å². The van der Waals surface area contributed by atoms with Gasteiger partial charge in [-0.25, -0.2) is 4.98 Å². The van der Waals surface area contributed by atoms with Crippen LogP contribution in [0.25, 0.3) is 0 Å². The summed E-state index contributed by atoms with van der Waals surface area (Å²) in [5, 5.41) is 15.2. The number of rotatable bonds is 2. The topological polar surface area (TPSA) is 83.6 Å². The van der Waals surface area contributed by atoms with Crippen LogP contribution in [0.4, 0.5) is 0 Å².